The van der Waals surface area contributed by atoms with Crippen LogP contribution in [0.25, 0.3) is 11.0 Å². The van der Waals surface area contributed by atoms with Crippen molar-refractivity contribution in [3.05, 3.63) is 22.9 Å². The van der Waals surface area contributed by atoms with Gasteiger partial charge in [-0.3, -0.25) is 0 Å². The van der Waals surface area contributed by atoms with Crippen molar-refractivity contribution in [2.75, 3.05) is 12.3 Å². The van der Waals surface area contributed by atoms with Gasteiger partial charge in [0, 0.05) is 25.8 Å². The van der Waals surface area contributed by atoms with Gasteiger partial charge < -0.3 is 24.9 Å². The minimum atomic E-state index is -1.19. The molecule has 3 rings (SSSR count). The van der Waals surface area contributed by atoms with Crippen molar-refractivity contribution < 1.29 is 19.4 Å². The maximum atomic E-state index is 11.6. The number of nitrogen functional groups attached to an aromatic ring is 1. The lowest BCUT2D eigenvalue weighted by atomic mass is 10.1. The molecule has 8 heteroatoms. The van der Waals surface area contributed by atoms with Gasteiger partial charge >= 0.3 is 5.97 Å². The smallest absolute Gasteiger partial charge is 0.352 e. The van der Waals surface area contributed by atoms with E-state index in [0.717, 1.165) is 22.7 Å². The number of carboxylic acids is 1. The number of hydrogen-bond donors (Lipinski definition) is 2. The van der Waals surface area contributed by atoms with E-state index in [-0.39, 0.29) is 12.4 Å². The lowest BCUT2D eigenvalue weighted by Crippen LogP contribution is -2.22. The Kier molecular flexibility index (Phi) is 4.37. The monoisotopic (exact) mass is 349 g/mol. The minimum absolute atomic E-state index is 0.158. The first kappa shape index (κ1) is 16.9. The van der Waals surface area contributed by atoms with E-state index in [1.807, 2.05) is 0 Å². The van der Waals surface area contributed by atoms with E-state index in [4.69, 9.17) is 15.2 Å². The standard InChI is InChI=1S/C16H23N3O4Si/c1-24(2,3)5-4-22-9-19-13(16(20)21)6-12-14(19)10-7-23-8-11(10)15(17)18-12/h6H,4-5,7-9H2,1-3H3,(H2,17,18)(H,20,21). The van der Waals surface area contributed by atoms with Crippen LogP contribution < -0.4 is 5.73 Å². The van der Waals surface area contributed by atoms with Crippen molar-refractivity contribution >= 4 is 30.9 Å². The lowest BCUT2D eigenvalue weighted by Gasteiger charge is -2.16. The lowest BCUT2D eigenvalue weighted by molar-refractivity contribution is 0.0630. The second-order valence-corrected chi connectivity index (χ2v) is 12.9. The van der Waals surface area contributed by atoms with Gasteiger partial charge in [0.25, 0.3) is 0 Å². The highest BCUT2D eigenvalue weighted by molar-refractivity contribution is 6.76. The Hall–Kier alpha value is -1.90. The molecule has 0 saturated carbocycles. The Bertz CT molecular complexity index is 795. The van der Waals surface area contributed by atoms with Crippen LogP contribution in [0.4, 0.5) is 5.82 Å². The predicted molar refractivity (Wildman–Crippen MR) is 93.7 cm³/mol. The number of ether oxygens (including phenoxy) is 2. The summed E-state index contributed by atoms with van der Waals surface area (Å²) in [4.78, 5) is 16.0. The summed E-state index contributed by atoms with van der Waals surface area (Å²) in [5, 5.41) is 9.51. The molecule has 0 aliphatic carbocycles. The minimum Gasteiger partial charge on any atom is -0.477 e. The highest BCUT2D eigenvalue weighted by Gasteiger charge is 2.25. The van der Waals surface area contributed by atoms with E-state index in [0.29, 0.717) is 31.2 Å². The van der Waals surface area contributed by atoms with Gasteiger partial charge in [0.05, 0.1) is 24.2 Å². The maximum Gasteiger partial charge on any atom is 0.352 e. The summed E-state index contributed by atoms with van der Waals surface area (Å²) in [6.45, 7) is 8.47. The molecule has 2 aromatic rings. The molecule has 0 bridgehead atoms. The molecule has 0 fully saturated rings. The third kappa shape index (κ3) is 3.17. The zero-order valence-corrected chi connectivity index (χ0v) is 15.3. The van der Waals surface area contributed by atoms with E-state index in [9.17, 15) is 9.90 Å². The molecule has 3 N–H and O–H groups in total. The van der Waals surface area contributed by atoms with E-state index >= 15 is 0 Å². The molecule has 0 spiro atoms. The SMILES string of the molecule is C[Si](C)(C)CCOCn1c(C(=O)O)cc2nc(N)c3c(c21)COC3. The highest BCUT2D eigenvalue weighted by Crippen LogP contribution is 2.33. The summed E-state index contributed by atoms with van der Waals surface area (Å²) in [7, 11) is -1.19. The van der Waals surface area contributed by atoms with Crippen LogP contribution in [-0.4, -0.2) is 35.3 Å². The number of carbonyl (C=O) groups is 1. The molecular formula is C16H23N3O4Si. The molecule has 2 aromatic heterocycles. The van der Waals surface area contributed by atoms with Crippen LogP contribution in [0.15, 0.2) is 6.07 Å². The third-order valence-corrected chi connectivity index (χ3v) is 5.91. The van der Waals surface area contributed by atoms with Crippen molar-refractivity contribution in [1.29, 1.82) is 0 Å². The number of fused-ring (bicyclic) bond motifs is 3. The number of aromatic nitrogens is 2. The number of anilines is 1. The summed E-state index contributed by atoms with van der Waals surface area (Å²) in [6.07, 6.45) is 0. The third-order valence-electron chi connectivity index (χ3n) is 4.21. The summed E-state index contributed by atoms with van der Waals surface area (Å²) in [6, 6.07) is 2.58. The van der Waals surface area contributed by atoms with Crippen molar-refractivity contribution in [2.24, 2.45) is 0 Å². The van der Waals surface area contributed by atoms with Crippen molar-refractivity contribution in [2.45, 2.75) is 45.6 Å². The number of carboxylic acid groups (broad SMARTS) is 1. The van der Waals surface area contributed by atoms with Gasteiger partial charge in [-0.25, -0.2) is 9.78 Å². The number of aromatic carboxylic acids is 1. The number of pyridine rings is 1. The largest absolute Gasteiger partial charge is 0.477 e. The predicted octanol–water partition coefficient (Wildman–Crippen LogP) is 2.66. The van der Waals surface area contributed by atoms with Gasteiger partial charge in [-0.2, -0.15) is 0 Å². The molecule has 1 aliphatic heterocycles. The fourth-order valence-electron chi connectivity index (χ4n) is 2.85. The Morgan fingerprint density at radius 2 is 2.12 bits per heavy atom. The zero-order valence-electron chi connectivity index (χ0n) is 14.3. The molecule has 130 valence electrons. The summed E-state index contributed by atoms with van der Waals surface area (Å²) in [5.74, 6) is -0.600. The van der Waals surface area contributed by atoms with E-state index in [1.165, 1.54) is 0 Å². The second kappa shape index (κ2) is 6.19. The van der Waals surface area contributed by atoms with Gasteiger partial charge in [-0.05, 0) is 12.1 Å². The molecular weight excluding hydrogens is 326 g/mol. The first-order valence-electron chi connectivity index (χ1n) is 7.97. The Morgan fingerprint density at radius 1 is 1.42 bits per heavy atom. The molecule has 0 radical (unpaired) electrons. The summed E-state index contributed by atoms with van der Waals surface area (Å²) >= 11 is 0. The maximum absolute atomic E-state index is 11.6. The first-order chi connectivity index (χ1) is 11.3. The normalized spacial score (nSPS) is 14.3. The van der Waals surface area contributed by atoms with Gasteiger partial charge in [-0.1, -0.05) is 19.6 Å². The van der Waals surface area contributed by atoms with Crippen LogP contribution in [0.5, 0.6) is 0 Å². The number of nitrogens with zero attached hydrogens (tertiary/aromatic N) is 2. The van der Waals surface area contributed by atoms with Gasteiger partial charge in [0.15, 0.2) is 0 Å². The van der Waals surface area contributed by atoms with Crippen LogP contribution in [0, 0.1) is 0 Å². The van der Waals surface area contributed by atoms with Crippen LogP contribution in [-0.2, 0) is 29.4 Å². The van der Waals surface area contributed by atoms with Crippen LogP contribution in [0.2, 0.25) is 25.7 Å². The molecule has 7 nitrogen and oxygen atoms in total. The Balaban J connectivity index is 1.97. The Labute approximate surface area is 141 Å². The molecule has 0 aromatic carbocycles. The number of hydrogen-bond acceptors (Lipinski definition) is 5. The topological polar surface area (TPSA) is 99.6 Å². The van der Waals surface area contributed by atoms with E-state index in [2.05, 4.69) is 24.6 Å². The molecule has 3 heterocycles. The van der Waals surface area contributed by atoms with Crippen molar-refractivity contribution in [3.8, 4) is 0 Å². The second-order valence-electron chi connectivity index (χ2n) is 7.29. The number of rotatable bonds is 6. The average molecular weight is 349 g/mol. The van der Waals surface area contributed by atoms with Crippen LogP contribution in [0.3, 0.4) is 0 Å². The zero-order chi connectivity index (χ0) is 17.5. The quantitative estimate of drug-likeness (QED) is 0.614. The molecule has 24 heavy (non-hydrogen) atoms. The molecule has 0 amide bonds. The fourth-order valence-corrected chi connectivity index (χ4v) is 3.61. The highest BCUT2D eigenvalue weighted by atomic mass is 28.3. The summed E-state index contributed by atoms with van der Waals surface area (Å²) < 4.78 is 12.9. The van der Waals surface area contributed by atoms with E-state index in [1.54, 1.807) is 10.6 Å². The van der Waals surface area contributed by atoms with Crippen LogP contribution in [0.1, 0.15) is 21.6 Å². The molecule has 1 aliphatic rings. The molecule has 0 unspecified atom stereocenters. The van der Waals surface area contributed by atoms with Crippen molar-refractivity contribution in [1.82, 2.24) is 9.55 Å². The fraction of sp³-hybridized carbons (Fsp3) is 0.500. The van der Waals surface area contributed by atoms with Gasteiger partial charge in [0.1, 0.15) is 18.2 Å². The van der Waals surface area contributed by atoms with Crippen molar-refractivity contribution in [3.63, 3.8) is 0 Å². The molecule has 0 saturated heterocycles. The average Bonchev–Trinajstić information content (AvgIpc) is 3.07. The molecule has 0 atom stereocenters. The number of nitrogens with two attached hydrogens (primary N) is 1. The van der Waals surface area contributed by atoms with Crippen LogP contribution >= 0.6 is 0 Å². The summed E-state index contributed by atoms with van der Waals surface area (Å²) in [5.41, 5.74) is 9.21. The van der Waals surface area contributed by atoms with Gasteiger partial charge in [-0.15, -0.1) is 0 Å². The van der Waals surface area contributed by atoms with E-state index < -0.39 is 14.0 Å². The van der Waals surface area contributed by atoms with Gasteiger partial charge in [0.2, 0.25) is 0 Å². The Morgan fingerprint density at radius 3 is 2.79 bits per heavy atom. The first-order valence-corrected chi connectivity index (χ1v) is 11.7.